The van der Waals surface area contributed by atoms with Crippen LogP contribution >= 0.6 is 0 Å². The largest absolute Gasteiger partial charge is 4.00 e. The first-order valence-corrected chi connectivity index (χ1v) is 0. The molecule has 0 heterocycles. The Morgan fingerprint density at radius 3 is 0.273 bits per heavy atom. The third-order valence-corrected chi connectivity index (χ3v) is 0. The van der Waals surface area contributed by atoms with Crippen molar-refractivity contribution < 1.29 is 73.1 Å². The molecular weight excluding hydrogens is 453 g/mol. The summed E-state index contributed by atoms with van der Waals surface area (Å²) in [6.07, 6.45) is 0. The fraction of sp³-hybridized carbons (Fsp3) is 0. The Morgan fingerprint density at radius 2 is 0.273 bits per heavy atom. The third kappa shape index (κ3) is 235. The molecule has 0 aromatic rings. The summed E-state index contributed by atoms with van der Waals surface area (Å²) >= 11 is 0. The van der Waals surface area contributed by atoms with E-state index in [9.17, 15) is 0 Å². The van der Waals surface area contributed by atoms with Crippen LogP contribution in [0, 0.1) is 0 Å². The zero-order chi connectivity index (χ0) is 0. The molecule has 7 nitrogen and oxygen atoms in total. The molecule has 0 aromatic heterocycles. The standard InChI is InChI=1S/2Cr.7O.2Sn/q2*+3;7*-2;2*+4. The fourth-order valence-corrected chi connectivity index (χ4v) is 0. The number of hydrogen-bond donors (Lipinski definition) is 0. The molecule has 2 radical (unpaired) electrons. The summed E-state index contributed by atoms with van der Waals surface area (Å²) < 4.78 is 0. The van der Waals surface area contributed by atoms with E-state index in [0.717, 1.165) is 0 Å². The van der Waals surface area contributed by atoms with Gasteiger partial charge in [0.15, 0.2) is 0 Å². The molecule has 11 heavy (non-hydrogen) atoms. The van der Waals surface area contributed by atoms with Crippen LogP contribution in [-0.4, -0.2) is 47.8 Å². The van der Waals surface area contributed by atoms with Gasteiger partial charge in [0.25, 0.3) is 0 Å². The summed E-state index contributed by atoms with van der Waals surface area (Å²) in [5.41, 5.74) is 0. The van der Waals surface area contributed by atoms with E-state index in [-0.39, 0.29) is 121 Å². The van der Waals surface area contributed by atoms with Crippen molar-refractivity contribution in [2.45, 2.75) is 0 Å². The van der Waals surface area contributed by atoms with Crippen LogP contribution in [0.5, 0.6) is 0 Å². The van der Waals surface area contributed by atoms with E-state index in [1.54, 1.807) is 0 Å². The average Bonchev–Trinajstić information content (AvgIpc) is 0. The van der Waals surface area contributed by atoms with Gasteiger partial charge < -0.3 is 38.3 Å². The molecule has 0 N–H and O–H groups in total. The Kier molecular flexibility index (Phi) is 9290. The molecule has 0 aliphatic carbocycles. The predicted octanol–water partition coefficient (Wildman–Crippen LogP) is -1.60. The molecule has 0 spiro atoms. The van der Waals surface area contributed by atoms with E-state index in [1.807, 2.05) is 0 Å². The van der Waals surface area contributed by atoms with E-state index >= 15 is 0 Å². The minimum absolute atomic E-state index is 0. The van der Waals surface area contributed by atoms with Gasteiger partial charge in [-0.2, -0.15) is 0 Å². The van der Waals surface area contributed by atoms with Crippen LogP contribution in [0.25, 0.3) is 0 Å². The van der Waals surface area contributed by atoms with Gasteiger partial charge in [-0.1, -0.05) is 0 Å². The van der Waals surface area contributed by atoms with Crippen molar-refractivity contribution in [3.63, 3.8) is 0 Å². The summed E-state index contributed by atoms with van der Waals surface area (Å²) in [7, 11) is 0. The molecule has 0 saturated heterocycles. The maximum absolute atomic E-state index is 0. The van der Waals surface area contributed by atoms with Crippen molar-refractivity contribution in [3.8, 4) is 0 Å². The second-order valence-electron chi connectivity index (χ2n) is 0. The smallest absolute Gasteiger partial charge is 2.00 e. The van der Waals surface area contributed by atoms with Crippen molar-refractivity contribution in [3.05, 3.63) is 0 Å². The zero-order valence-corrected chi connectivity index (χ0v) is 12.9. The van der Waals surface area contributed by atoms with Gasteiger partial charge in [0.1, 0.15) is 0 Å². The first kappa shape index (κ1) is 362. The van der Waals surface area contributed by atoms with Gasteiger partial charge in [0, 0.05) is 0 Å². The molecule has 0 amide bonds. The minimum atomic E-state index is 0. The SMILES string of the molecule is [Cr+3].[Cr+3].[O-2].[O-2].[O-2].[O-2].[O-2].[O-2].[O-2].[Sn+4].[Sn+4]. The molecular formula is Cr2O7Sn2. The van der Waals surface area contributed by atoms with E-state index < -0.39 is 0 Å². The van der Waals surface area contributed by atoms with Crippen LogP contribution in [0.2, 0.25) is 0 Å². The molecule has 0 aliphatic rings. The third-order valence-electron chi connectivity index (χ3n) is 0. The van der Waals surface area contributed by atoms with Gasteiger partial charge in [-0.25, -0.2) is 0 Å². The van der Waals surface area contributed by atoms with Crippen molar-refractivity contribution in [2.24, 2.45) is 0 Å². The predicted molar refractivity (Wildman–Crippen MR) is 16.3 cm³/mol. The van der Waals surface area contributed by atoms with Gasteiger partial charge in [-0.15, -0.1) is 0 Å². The molecule has 0 bridgehead atoms. The molecule has 0 fully saturated rings. The van der Waals surface area contributed by atoms with Crippen LogP contribution in [0.4, 0.5) is 0 Å². The molecule has 0 aromatic carbocycles. The van der Waals surface area contributed by atoms with Crippen LogP contribution in [-0.2, 0) is 73.1 Å². The Hall–Kier alpha value is 2.38. The summed E-state index contributed by atoms with van der Waals surface area (Å²) in [6, 6.07) is 0. The van der Waals surface area contributed by atoms with Crippen LogP contribution in [0.3, 0.4) is 0 Å². The first-order chi connectivity index (χ1) is 0. The van der Waals surface area contributed by atoms with Gasteiger partial charge in [-0.05, 0) is 0 Å². The Labute approximate surface area is 120 Å². The molecule has 11 heteroatoms. The average molecular weight is 453 g/mol. The van der Waals surface area contributed by atoms with E-state index in [0.29, 0.717) is 0 Å². The summed E-state index contributed by atoms with van der Waals surface area (Å²) in [4.78, 5) is 0. The minimum Gasteiger partial charge on any atom is -2.00 e. The maximum atomic E-state index is 0. The van der Waals surface area contributed by atoms with Crippen molar-refractivity contribution in [2.75, 3.05) is 0 Å². The summed E-state index contributed by atoms with van der Waals surface area (Å²) in [5, 5.41) is 0. The maximum Gasteiger partial charge on any atom is 4.00 e. The van der Waals surface area contributed by atoms with Crippen LogP contribution < -0.4 is 0 Å². The van der Waals surface area contributed by atoms with Gasteiger partial charge >= 0.3 is 82.5 Å². The van der Waals surface area contributed by atoms with Crippen LogP contribution in [0.15, 0.2) is 0 Å². The van der Waals surface area contributed by atoms with Gasteiger partial charge in [0.2, 0.25) is 0 Å². The molecule has 0 atom stereocenters. The summed E-state index contributed by atoms with van der Waals surface area (Å²) in [6.45, 7) is 0. The van der Waals surface area contributed by atoms with Crippen LogP contribution in [0.1, 0.15) is 0 Å². The molecule has 62 valence electrons. The van der Waals surface area contributed by atoms with Crippen molar-refractivity contribution >= 4 is 47.8 Å². The quantitative estimate of drug-likeness (QED) is 0.381. The van der Waals surface area contributed by atoms with E-state index in [1.165, 1.54) is 0 Å². The van der Waals surface area contributed by atoms with Gasteiger partial charge in [0.05, 0.1) is 0 Å². The topological polar surface area (TPSA) is 200 Å². The van der Waals surface area contributed by atoms with Crippen molar-refractivity contribution in [1.82, 2.24) is 0 Å². The molecule has 0 unspecified atom stereocenters. The second kappa shape index (κ2) is 283. The Bertz CT molecular complexity index is 14.4. The molecule has 0 rings (SSSR count). The number of rotatable bonds is 0. The summed E-state index contributed by atoms with van der Waals surface area (Å²) in [5.74, 6) is 0. The van der Waals surface area contributed by atoms with E-state index in [2.05, 4.69) is 0 Å². The normalized spacial score (nSPS) is 0. The second-order valence-corrected chi connectivity index (χ2v) is 0. The fourth-order valence-electron chi connectivity index (χ4n) is 0. The monoisotopic (exact) mass is 456 g/mol. The van der Waals surface area contributed by atoms with Gasteiger partial charge in [-0.3, -0.25) is 0 Å². The Morgan fingerprint density at radius 1 is 0.273 bits per heavy atom. The zero-order valence-electron chi connectivity index (χ0n) is 4.67. The number of hydrogen-bond acceptors (Lipinski definition) is 0. The van der Waals surface area contributed by atoms with E-state index in [4.69, 9.17) is 0 Å². The van der Waals surface area contributed by atoms with Crippen molar-refractivity contribution in [1.29, 1.82) is 0 Å². The Balaban J connectivity index is 0. The first-order valence-electron chi connectivity index (χ1n) is 0. The molecule has 0 aliphatic heterocycles. The molecule has 0 saturated carbocycles.